The zero-order chi connectivity index (χ0) is 10.3. The van der Waals surface area contributed by atoms with Crippen molar-refractivity contribution in [3.8, 4) is 0 Å². The number of carboxylic acid groups (broad SMARTS) is 1. The van der Waals surface area contributed by atoms with Crippen molar-refractivity contribution in [1.29, 1.82) is 0 Å². The van der Waals surface area contributed by atoms with Gasteiger partial charge in [-0.05, 0) is 29.5 Å². The van der Waals surface area contributed by atoms with E-state index in [4.69, 9.17) is 5.11 Å². The van der Waals surface area contributed by atoms with Crippen LogP contribution in [0.1, 0.15) is 46.9 Å². The molecule has 1 aromatic rings. The second kappa shape index (κ2) is 3.10. The van der Waals surface area contributed by atoms with E-state index in [0.29, 0.717) is 12.0 Å². The van der Waals surface area contributed by atoms with Crippen molar-refractivity contribution in [2.45, 2.75) is 25.4 Å². The van der Waals surface area contributed by atoms with Gasteiger partial charge in [-0.3, -0.25) is 0 Å². The van der Waals surface area contributed by atoms with Gasteiger partial charge in [0, 0.05) is 0 Å². The molecule has 14 heavy (non-hydrogen) atoms. The highest BCUT2D eigenvalue weighted by molar-refractivity contribution is 5.90. The van der Waals surface area contributed by atoms with Crippen LogP contribution in [0.15, 0.2) is 18.2 Å². The number of aromatic carboxylic acids is 1. The van der Waals surface area contributed by atoms with Crippen LogP contribution in [0.4, 0.5) is 0 Å². The van der Waals surface area contributed by atoms with Gasteiger partial charge in [0.05, 0.1) is 11.7 Å². The standard InChI is InChI=1S/C11H12O3/c1-6-5-9(12)7-3-2-4-8(10(6)7)11(13)14/h2-4,6,9,12H,5H2,1H3,(H,13,14). The average molecular weight is 192 g/mol. The van der Waals surface area contributed by atoms with Crippen molar-refractivity contribution in [3.05, 3.63) is 34.9 Å². The number of aliphatic hydroxyl groups excluding tert-OH is 1. The molecule has 0 aromatic heterocycles. The number of fused-ring (bicyclic) bond motifs is 1. The van der Waals surface area contributed by atoms with Crippen molar-refractivity contribution in [3.63, 3.8) is 0 Å². The summed E-state index contributed by atoms with van der Waals surface area (Å²) in [7, 11) is 0. The maximum atomic E-state index is 10.9. The normalized spacial score (nSPS) is 24.7. The molecule has 0 spiro atoms. The Kier molecular flexibility index (Phi) is 2.04. The molecule has 0 radical (unpaired) electrons. The van der Waals surface area contributed by atoms with Crippen molar-refractivity contribution >= 4 is 5.97 Å². The smallest absolute Gasteiger partial charge is 0.335 e. The fourth-order valence-corrected chi connectivity index (χ4v) is 2.19. The second-order valence-corrected chi connectivity index (χ2v) is 3.77. The summed E-state index contributed by atoms with van der Waals surface area (Å²) in [4.78, 5) is 10.9. The monoisotopic (exact) mass is 192 g/mol. The average Bonchev–Trinajstić information content (AvgIpc) is 2.43. The summed E-state index contributed by atoms with van der Waals surface area (Å²) in [6.07, 6.45) is 0.124. The highest BCUT2D eigenvalue weighted by atomic mass is 16.4. The molecule has 0 aliphatic heterocycles. The third kappa shape index (κ3) is 1.21. The fraction of sp³-hybridized carbons (Fsp3) is 0.364. The molecule has 1 aliphatic rings. The molecular formula is C11H12O3. The number of aliphatic hydroxyl groups is 1. The van der Waals surface area contributed by atoms with Crippen molar-refractivity contribution in [1.82, 2.24) is 0 Å². The van der Waals surface area contributed by atoms with E-state index in [-0.39, 0.29) is 5.92 Å². The number of hydrogen-bond donors (Lipinski definition) is 2. The van der Waals surface area contributed by atoms with Crippen LogP contribution >= 0.6 is 0 Å². The second-order valence-electron chi connectivity index (χ2n) is 3.77. The molecule has 2 unspecified atom stereocenters. The summed E-state index contributed by atoms with van der Waals surface area (Å²) in [6, 6.07) is 5.08. The zero-order valence-corrected chi connectivity index (χ0v) is 7.90. The Morgan fingerprint density at radius 3 is 2.86 bits per heavy atom. The number of carboxylic acids is 1. The van der Waals surface area contributed by atoms with Gasteiger partial charge in [0.15, 0.2) is 0 Å². The largest absolute Gasteiger partial charge is 0.478 e. The Hall–Kier alpha value is -1.35. The third-order valence-corrected chi connectivity index (χ3v) is 2.80. The Labute approximate surface area is 82.0 Å². The molecule has 3 heteroatoms. The SMILES string of the molecule is CC1CC(O)c2cccc(C(=O)O)c21. The highest BCUT2D eigenvalue weighted by Crippen LogP contribution is 2.41. The first kappa shape index (κ1) is 9.21. The predicted octanol–water partition coefficient (Wildman–Crippen LogP) is 1.93. The molecule has 0 fully saturated rings. The van der Waals surface area contributed by atoms with Gasteiger partial charge >= 0.3 is 5.97 Å². The van der Waals surface area contributed by atoms with Gasteiger partial charge in [-0.2, -0.15) is 0 Å². The Morgan fingerprint density at radius 2 is 2.21 bits per heavy atom. The van der Waals surface area contributed by atoms with Gasteiger partial charge in [-0.1, -0.05) is 19.1 Å². The highest BCUT2D eigenvalue weighted by Gasteiger charge is 2.30. The van der Waals surface area contributed by atoms with Gasteiger partial charge < -0.3 is 10.2 Å². The maximum Gasteiger partial charge on any atom is 0.335 e. The van der Waals surface area contributed by atoms with Crippen LogP contribution < -0.4 is 0 Å². The van der Waals surface area contributed by atoms with Crippen molar-refractivity contribution < 1.29 is 15.0 Å². The molecule has 0 saturated carbocycles. The Bertz CT molecular complexity index is 384. The molecule has 0 amide bonds. The summed E-state index contributed by atoms with van der Waals surface area (Å²) < 4.78 is 0. The van der Waals surface area contributed by atoms with Crippen LogP contribution in [-0.2, 0) is 0 Å². The lowest BCUT2D eigenvalue weighted by Crippen LogP contribution is -2.03. The van der Waals surface area contributed by atoms with Gasteiger partial charge in [0.25, 0.3) is 0 Å². The van der Waals surface area contributed by atoms with Crippen LogP contribution in [-0.4, -0.2) is 16.2 Å². The summed E-state index contributed by atoms with van der Waals surface area (Å²) >= 11 is 0. The van der Waals surface area contributed by atoms with Crippen molar-refractivity contribution in [2.24, 2.45) is 0 Å². The molecule has 1 aromatic carbocycles. The summed E-state index contributed by atoms with van der Waals surface area (Å²) in [5, 5.41) is 18.6. The lowest BCUT2D eigenvalue weighted by atomic mass is 9.97. The third-order valence-electron chi connectivity index (χ3n) is 2.80. The van der Waals surface area contributed by atoms with Crippen LogP contribution in [0.2, 0.25) is 0 Å². The molecule has 2 N–H and O–H groups in total. The predicted molar refractivity (Wildman–Crippen MR) is 51.4 cm³/mol. The molecule has 2 atom stereocenters. The summed E-state index contributed by atoms with van der Waals surface area (Å²) in [5.74, 6) is -0.782. The summed E-state index contributed by atoms with van der Waals surface area (Å²) in [6.45, 7) is 1.95. The van der Waals surface area contributed by atoms with Gasteiger partial charge in [0.2, 0.25) is 0 Å². The molecular weight excluding hydrogens is 180 g/mol. The molecule has 0 bridgehead atoms. The Balaban J connectivity index is 2.62. The topological polar surface area (TPSA) is 57.5 Å². The van der Waals surface area contributed by atoms with Crippen LogP contribution in [0, 0.1) is 0 Å². The first-order chi connectivity index (χ1) is 6.61. The first-order valence-corrected chi connectivity index (χ1v) is 4.65. The minimum atomic E-state index is -0.914. The minimum Gasteiger partial charge on any atom is -0.478 e. The van der Waals surface area contributed by atoms with E-state index in [1.807, 2.05) is 6.92 Å². The van der Waals surface area contributed by atoms with Gasteiger partial charge in [-0.15, -0.1) is 0 Å². The quantitative estimate of drug-likeness (QED) is 0.714. The van der Waals surface area contributed by atoms with E-state index in [2.05, 4.69) is 0 Å². The van der Waals surface area contributed by atoms with Crippen LogP contribution in [0.5, 0.6) is 0 Å². The van der Waals surface area contributed by atoms with Gasteiger partial charge in [-0.25, -0.2) is 4.79 Å². The summed E-state index contributed by atoms with van der Waals surface area (Å²) in [5.41, 5.74) is 1.90. The van der Waals surface area contributed by atoms with E-state index in [1.165, 1.54) is 0 Å². The van der Waals surface area contributed by atoms with Gasteiger partial charge in [0.1, 0.15) is 0 Å². The fourth-order valence-electron chi connectivity index (χ4n) is 2.19. The van der Waals surface area contributed by atoms with Crippen molar-refractivity contribution in [2.75, 3.05) is 0 Å². The Morgan fingerprint density at radius 1 is 1.50 bits per heavy atom. The first-order valence-electron chi connectivity index (χ1n) is 4.65. The molecule has 0 heterocycles. The lowest BCUT2D eigenvalue weighted by molar-refractivity contribution is 0.0695. The number of carbonyl (C=O) groups is 1. The zero-order valence-electron chi connectivity index (χ0n) is 7.90. The van der Waals surface area contributed by atoms with E-state index < -0.39 is 12.1 Å². The molecule has 2 rings (SSSR count). The molecule has 3 nitrogen and oxygen atoms in total. The molecule has 74 valence electrons. The molecule has 1 aliphatic carbocycles. The lowest BCUT2D eigenvalue weighted by Gasteiger charge is -2.07. The number of benzene rings is 1. The van der Waals surface area contributed by atoms with E-state index >= 15 is 0 Å². The van der Waals surface area contributed by atoms with E-state index in [0.717, 1.165) is 11.1 Å². The number of hydrogen-bond acceptors (Lipinski definition) is 2. The van der Waals surface area contributed by atoms with E-state index in [9.17, 15) is 9.90 Å². The number of rotatable bonds is 1. The maximum absolute atomic E-state index is 10.9. The van der Waals surface area contributed by atoms with E-state index in [1.54, 1.807) is 18.2 Å². The molecule has 0 saturated heterocycles. The minimum absolute atomic E-state index is 0.132. The van der Waals surface area contributed by atoms with Crippen LogP contribution in [0.3, 0.4) is 0 Å². The van der Waals surface area contributed by atoms with Crippen LogP contribution in [0.25, 0.3) is 0 Å².